The number of hydrogen-bond acceptors (Lipinski definition) is 4. The first-order chi connectivity index (χ1) is 10.7. The second-order valence-electron chi connectivity index (χ2n) is 6.23. The van der Waals surface area contributed by atoms with Crippen LogP contribution < -0.4 is 4.74 Å². The van der Waals surface area contributed by atoms with Crippen LogP contribution in [0.3, 0.4) is 0 Å². The highest BCUT2D eigenvalue weighted by Crippen LogP contribution is 2.24. The second-order valence-corrected chi connectivity index (χ2v) is 6.23. The van der Waals surface area contributed by atoms with Gasteiger partial charge in [-0.2, -0.15) is 0 Å². The van der Waals surface area contributed by atoms with E-state index < -0.39 is 0 Å². The highest BCUT2D eigenvalue weighted by Gasteiger charge is 2.22. The SMILES string of the molecule is CN(C[C@H]1CCCCO1)C(=O)c1ccnc(OC2CCC2)c1. The molecule has 1 aliphatic carbocycles. The Morgan fingerprint density at radius 3 is 2.91 bits per heavy atom. The van der Waals surface area contributed by atoms with Gasteiger partial charge in [0, 0.05) is 38.0 Å². The molecule has 1 saturated carbocycles. The van der Waals surface area contributed by atoms with Crippen molar-refractivity contribution < 1.29 is 14.3 Å². The van der Waals surface area contributed by atoms with Gasteiger partial charge >= 0.3 is 0 Å². The van der Waals surface area contributed by atoms with E-state index in [9.17, 15) is 4.79 Å². The smallest absolute Gasteiger partial charge is 0.253 e. The minimum absolute atomic E-state index is 0.00460. The van der Waals surface area contributed by atoms with Gasteiger partial charge < -0.3 is 14.4 Å². The maximum Gasteiger partial charge on any atom is 0.253 e. The molecule has 0 bridgehead atoms. The van der Waals surface area contributed by atoms with Gasteiger partial charge in [0.2, 0.25) is 5.88 Å². The molecule has 0 radical (unpaired) electrons. The molecule has 5 heteroatoms. The number of carbonyl (C=O) groups excluding carboxylic acids is 1. The average Bonchev–Trinajstić information content (AvgIpc) is 2.51. The summed E-state index contributed by atoms with van der Waals surface area (Å²) in [5.74, 6) is 0.549. The number of likely N-dealkylation sites (N-methyl/N-ethyl adjacent to an activating group) is 1. The zero-order chi connectivity index (χ0) is 15.4. The van der Waals surface area contributed by atoms with Gasteiger partial charge in [0.15, 0.2) is 0 Å². The molecule has 22 heavy (non-hydrogen) atoms. The van der Waals surface area contributed by atoms with Gasteiger partial charge in [0.05, 0.1) is 6.10 Å². The maximum atomic E-state index is 12.5. The van der Waals surface area contributed by atoms with Crippen LogP contribution in [0.5, 0.6) is 5.88 Å². The Balaban J connectivity index is 1.59. The fourth-order valence-electron chi connectivity index (χ4n) is 2.83. The van der Waals surface area contributed by atoms with Crippen LogP contribution in [-0.4, -0.2) is 48.2 Å². The molecule has 0 unspecified atom stereocenters. The van der Waals surface area contributed by atoms with Crippen molar-refractivity contribution in [2.24, 2.45) is 0 Å². The zero-order valence-electron chi connectivity index (χ0n) is 13.2. The summed E-state index contributed by atoms with van der Waals surface area (Å²) in [5.41, 5.74) is 0.627. The van der Waals surface area contributed by atoms with Gasteiger partial charge in [-0.25, -0.2) is 4.98 Å². The van der Waals surface area contributed by atoms with E-state index in [-0.39, 0.29) is 18.1 Å². The summed E-state index contributed by atoms with van der Waals surface area (Å²) in [6.07, 6.45) is 8.80. The molecule has 1 aromatic heterocycles. The predicted molar refractivity (Wildman–Crippen MR) is 83.1 cm³/mol. The van der Waals surface area contributed by atoms with Gasteiger partial charge in [0.1, 0.15) is 6.10 Å². The quantitative estimate of drug-likeness (QED) is 0.839. The molecule has 1 aliphatic heterocycles. The van der Waals surface area contributed by atoms with Crippen LogP contribution >= 0.6 is 0 Å². The Kier molecular flexibility index (Phi) is 4.93. The number of amides is 1. The Morgan fingerprint density at radius 1 is 1.36 bits per heavy atom. The number of carbonyl (C=O) groups is 1. The number of hydrogen-bond donors (Lipinski definition) is 0. The summed E-state index contributed by atoms with van der Waals surface area (Å²) in [6, 6.07) is 3.49. The zero-order valence-corrected chi connectivity index (χ0v) is 13.2. The van der Waals surface area contributed by atoms with E-state index in [2.05, 4.69) is 4.98 Å². The lowest BCUT2D eigenvalue weighted by molar-refractivity contribution is -0.000200. The summed E-state index contributed by atoms with van der Waals surface area (Å²) in [7, 11) is 1.83. The van der Waals surface area contributed by atoms with Crippen molar-refractivity contribution >= 4 is 5.91 Å². The Hall–Kier alpha value is -1.62. The normalized spacial score (nSPS) is 22.0. The minimum Gasteiger partial charge on any atom is -0.474 e. The molecule has 1 aromatic rings. The molecular formula is C17H24N2O3. The molecular weight excluding hydrogens is 280 g/mol. The number of ether oxygens (including phenoxy) is 2. The van der Waals surface area contributed by atoms with Crippen molar-refractivity contribution in [1.82, 2.24) is 9.88 Å². The monoisotopic (exact) mass is 304 g/mol. The first kappa shape index (κ1) is 15.3. The fourth-order valence-corrected chi connectivity index (χ4v) is 2.83. The van der Waals surface area contributed by atoms with Crippen molar-refractivity contribution in [1.29, 1.82) is 0 Å². The van der Waals surface area contributed by atoms with Gasteiger partial charge in [-0.3, -0.25) is 4.79 Å². The van der Waals surface area contributed by atoms with Crippen molar-refractivity contribution in [2.45, 2.75) is 50.7 Å². The summed E-state index contributed by atoms with van der Waals surface area (Å²) in [5, 5.41) is 0. The van der Waals surface area contributed by atoms with E-state index in [0.29, 0.717) is 18.0 Å². The molecule has 2 aliphatic rings. The van der Waals surface area contributed by atoms with Gasteiger partial charge in [-0.05, 0) is 44.6 Å². The number of pyridine rings is 1. The van der Waals surface area contributed by atoms with Crippen LogP contribution in [-0.2, 0) is 4.74 Å². The van der Waals surface area contributed by atoms with Gasteiger partial charge in [-0.1, -0.05) is 0 Å². The van der Waals surface area contributed by atoms with Crippen molar-refractivity contribution in [3.8, 4) is 5.88 Å². The summed E-state index contributed by atoms with van der Waals surface area (Å²) >= 11 is 0. The van der Waals surface area contributed by atoms with E-state index in [0.717, 1.165) is 32.3 Å². The van der Waals surface area contributed by atoms with Crippen LogP contribution in [0.2, 0.25) is 0 Å². The van der Waals surface area contributed by atoms with Crippen LogP contribution in [0.4, 0.5) is 0 Å². The standard InChI is InChI=1S/C17H24N2O3/c1-19(12-15-5-2-3-10-21-15)17(20)13-8-9-18-16(11-13)22-14-6-4-7-14/h8-9,11,14-15H,2-7,10,12H2,1H3/t15-/m1/s1. The Morgan fingerprint density at radius 2 is 2.23 bits per heavy atom. The topological polar surface area (TPSA) is 51.7 Å². The molecule has 2 fully saturated rings. The third kappa shape index (κ3) is 3.77. The molecule has 1 amide bonds. The predicted octanol–water partition coefficient (Wildman–Crippen LogP) is 2.65. The third-order valence-corrected chi connectivity index (χ3v) is 4.42. The molecule has 2 heterocycles. The molecule has 3 rings (SSSR count). The van der Waals surface area contributed by atoms with Gasteiger partial charge in [0.25, 0.3) is 5.91 Å². The largest absolute Gasteiger partial charge is 0.474 e. The number of rotatable bonds is 5. The van der Waals surface area contributed by atoms with Crippen LogP contribution in [0, 0.1) is 0 Å². The van der Waals surface area contributed by atoms with Crippen molar-refractivity contribution in [3.05, 3.63) is 23.9 Å². The third-order valence-electron chi connectivity index (χ3n) is 4.42. The Bertz CT molecular complexity index is 510. The molecule has 5 nitrogen and oxygen atoms in total. The van der Waals surface area contributed by atoms with E-state index in [1.165, 1.54) is 12.8 Å². The maximum absolute atomic E-state index is 12.5. The van der Waals surface area contributed by atoms with Crippen LogP contribution in [0.25, 0.3) is 0 Å². The molecule has 1 atom stereocenters. The average molecular weight is 304 g/mol. The Labute approximate surface area is 131 Å². The lowest BCUT2D eigenvalue weighted by Crippen LogP contribution is -2.37. The van der Waals surface area contributed by atoms with Crippen LogP contribution in [0.1, 0.15) is 48.9 Å². The number of nitrogens with zero attached hydrogens (tertiary/aromatic N) is 2. The summed E-state index contributed by atoms with van der Waals surface area (Å²) in [6.45, 7) is 1.45. The van der Waals surface area contributed by atoms with E-state index in [1.807, 2.05) is 7.05 Å². The number of aromatic nitrogens is 1. The summed E-state index contributed by atoms with van der Waals surface area (Å²) < 4.78 is 11.5. The minimum atomic E-state index is -0.00460. The van der Waals surface area contributed by atoms with E-state index in [1.54, 1.807) is 23.2 Å². The lowest BCUT2D eigenvalue weighted by Gasteiger charge is -2.28. The van der Waals surface area contributed by atoms with Gasteiger partial charge in [-0.15, -0.1) is 0 Å². The fraction of sp³-hybridized carbons (Fsp3) is 0.647. The highest BCUT2D eigenvalue weighted by molar-refractivity contribution is 5.94. The summed E-state index contributed by atoms with van der Waals surface area (Å²) in [4.78, 5) is 18.5. The molecule has 120 valence electrons. The lowest BCUT2D eigenvalue weighted by atomic mass is 9.96. The second kappa shape index (κ2) is 7.09. The molecule has 0 aromatic carbocycles. The first-order valence-corrected chi connectivity index (χ1v) is 8.22. The molecule has 0 N–H and O–H groups in total. The first-order valence-electron chi connectivity index (χ1n) is 8.22. The molecule has 1 saturated heterocycles. The highest BCUT2D eigenvalue weighted by atomic mass is 16.5. The van der Waals surface area contributed by atoms with E-state index in [4.69, 9.17) is 9.47 Å². The molecule has 0 spiro atoms. The van der Waals surface area contributed by atoms with Crippen molar-refractivity contribution in [3.63, 3.8) is 0 Å². The van der Waals surface area contributed by atoms with Crippen molar-refractivity contribution in [2.75, 3.05) is 20.2 Å². The van der Waals surface area contributed by atoms with Crippen LogP contribution in [0.15, 0.2) is 18.3 Å². The van der Waals surface area contributed by atoms with E-state index >= 15 is 0 Å².